The number of aryl methyl sites for hydroxylation is 2. The Morgan fingerprint density at radius 2 is 2.05 bits per heavy atom. The summed E-state index contributed by atoms with van der Waals surface area (Å²) in [6.45, 7) is 2.74. The minimum Gasteiger partial charge on any atom is -0.308 e. The average Bonchev–Trinajstić information content (AvgIpc) is 2.45. The van der Waals surface area contributed by atoms with E-state index in [0.29, 0.717) is 12.1 Å². The molecule has 0 aromatic heterocycles. The van der Waals surface area contributed by atoms with Gasteiger partial charge in [0.2, 0.25) is 0 Å². The molecule has 0 fully saturated rings. The highest BCUT2D eigenvalue weighted by molar-refractivity contribution is 6.06. The van der Waals surface area contributed by atoms with Crippen molar-refractivity contribution < 1.29 is 9.18 Å². The number of hydrogen-bond acceptors (Lipinski definition) is 1. The molecule has 3 heteroatoms. The number of benzene rings is 2. The van der Waals surface area contributed by atoms with E-state index in [1.807, 2.05) is 19.1 Å². The number of halogens is 1. The number of hydrogen-bond donors (Lipinski definition) is 0. The molecule has 20 heavy (non-hydrogen) atoms. The average molecular weight is 269 g/mol. The Kier molecular flexibility index (Phi) is 3.26. The lowest BCUT2D eigenvalue weighted by Crippen LogP contribution is -2.35. The number of fused-ring (bicyclic) bond motifs is 1. The molecule has 0 saturated carbocycles. The number of amides is 1. The van der Waals surface area contributed by atoms with Gasteiger partial charge in [-0.25, -0.2) is 4.39 Å². The van der Waals surface area contributed by atoms with E-state index >= 15 is 0 Å². The predicted molar refractivity (Wildman–Crippen MR) is 77.6 cm³/mol. The third kappa shape index (κ3) is 2.31. The third-order valence-corrected chi connectivity index (χ3v) is 3.67. The molecule has 1 aliphatic rings. The van der Waals surface area contributed by atoms with E-state index < -0.39 is 0 Å². The summed E-state index contributed by atoms with van der Waals surface area (Å²) < 4.78 is 13.3. The van der Waals surface area contributed by atoms with Gasteiger partial charge in [0.05, 0.1) is 0 Å². The standard InChI is InChI=1S/C17H16FNO/c1-12-7-8-16-13(10-12)5-3-9-19(16)17(20)14-4-2-6-15(18)11-14/h2,4,6-8,10-11H,3,5,9H2,1H3. The fourth-order valence-corrected chi connectivity index (χ4v) is 2.71. The van der Waals surface area contributed by atoms with Crippen molar-refractivity contribution in [3.63, 3.8) is 0 Å². The molecule has 3 rings (SSSR count). The number of carbonyl (C=O) groups is 1. The van der Waals surface area contributed by atoms with E-state index in [1.165, 1.54) is 23.3 Å². The van der Waals surface area contributed by atoms with Crippen molar-refractivity contribution in [3.8, 4) is 0 Å². The Bertz CT molecular complexity index is 666. The Hall–Kier alpha value is -2.16. The monoisotopic (exact) mass is 269 g/mol. The van der Waals surface area contributed by atoms with Gasteiger partial charge < -0.3 is 4.90 Å². The SMILES string of the molecule is Cc1ccc2c(c1)CCCN2C(=O)c1cccc(F)c1. The van der Waals surface area contributed by atoms with Crippen molar-refractivity contribution >= 4 is 11.6 Å². The van der Waals surface area contributed by atoms with Gasteiger partial charge in [-0.2, -0.15) is 0 Å². The zero-order valence-corrected chi connectivity index (χ0v) is 11.4. The molecule has 0 aliphatic carbocycles. The number of anilines is 1. The molecular formula is C17H16FNO. The highest BCUT2D eigenvalue weighted by Crippen LogP contribution is 2.29. The molecule has 0 radical (unpaired) electrons. The van der Waals surface area contributed by atoms with Gasteiger partial charge in [0.25, 0.3) is 5.91 Å². The van der Waals surface area contributed by atoms with Crippen LogP contribution in [0, 0.1) is 12.7 Å². The molecule has 0 saturated heterocycles. The summed E-state index contributed by atoms with van der Waals surface area (Å²) in [7, 11) is 0. The summed E-state index contributed by atoms with van der Waals surface area (Å²) in [5.41, 5.74) is 3.75. The largest absolute Gasteiger partial charge is 0.308 e. The molecule has 0 unspecified atom stereocenters. The fraction of sp³-hybridized carbons (Fsp3) is 0.235. The van der Waals surface area contributed by atoms with Crippen molar-refractivity contribution in [2.75, 3.05) is 11.4 Å². The topological polar surface area (TPSA) is 20.3 Å². The van der Waals surface area contributed by atoms with Gasteiger partial charge in [0.1, 0.15) is 5.82 Å². The Balaban J connectivity index is 1.98. The Morgan fingerprint density at radius 3 is 2.85 bits per heavy atom. The van der Waals surface area contributed by atoms with Crippen LogP contribution in [0.3, 0.4) is 0 Å². The minimum atomic E-state index is -0.378. The molecule has 2 aromatic rings. The summed E-state index contributed by atoms with van der Waals surface area (Å²) in [5, 5.41) is 0. The van der Waals surface area contributed by atoms with Crippen LogP contribution in [0.5, 0.6) is 0 Å². The molecule has 2 nitrogen and oxygen atoms in total. The van der Waals surface area contributed by atoms with Crippen LogP contribution in [-0.4, -0.2) is 12.5 Å². The van der Waals surface area contributed by atoms with E-state index in [-0.39, 0.29) is 11.7 Å². The van der Waals surface area contributed by atoms with Crippen LogP contribution in [0.4, 0.5) is 10.1 Å². The van der Waals surface area contributed by atoms with Gasteiger partial charge in [-0.15, -0.1) is 0 Å². The van der Waals surface area contributed by atoms with Crippen molar-refractivity contribution in [1.82, 2.24) is 0 Å². The van der Waals surface area contributed by atoms with Gasteiger partial charge >= 0.3 is 0 Å². The minimum absolute atomic E-state index is 0.130. The summed E-state index contributed by atoms with van der Waals surface area (Å²) in [5.74, 6) is -0.508. The van der Waals surface area contributed by atoms with Crippen LogP contribution in [-0.2, 0) is 6.42 Å². The molecule has 1 aliphatic heterocycles. The van der Waals surface area contributed by atoms with Gasteiger partial charge in [0, 0.05) is 17.8 Å². The third-order valence-electron chi connectivity index (χ3n) is 3.67. The fourth-order valence-electron chi connectivity index (χ4n) is 2.71. The first-order valence-corrected chi connectivity index (χ1v) is 6.82. The lowest BCUT2D eigenvalue weighted by Gasteiger charge is -2.30. The second kappa shape index (κ2) is 5.08. The van der Waals surface area contributed by atoms with Gasteiger partial charge in [-0.3, -0.25) is 4.79 Å². The summed E-state index contributed by atoms with van der Waals surface area (Å²) in [6.07, 6.45) is 1.93. The molecule has 0 N–H and O–H groups in total. The first kappa shape index (κ1) is 12.9. The van der Waals surface area contributed by atoms with Gasteiger partial charge in [-0.1, -0.05) is 23.8 Å². The van der Waals surface area contributed by atoms with E-state index in [4.69, 9.17) is 0 Å². The molecule has 0 atom stereocenters. The van der Waals surface area contributed by atoms with Crippen LogP contribution in [0.15, 0.2) is 42.5 Å². The lowest BCUT2D eigenvalue weighted by atomic mass is 9.99. The molecule has 102 valence electrons. The first-order chi connectivity index (χ1) is 9.65. The molecule has 1 heterocycles. The van der Waals surface area contributed by atoms with Gasteiger partial charge in [-0.05, 0) is 49.6 Å². The van der Waals surface area contributed by atoms with Crippen molar-refractivity contribution in [2.45, 2.75) is 19.8 Å². The molecular weight excluding hydrogens is 253 g/mol. The second-order valence-corrected chi connectivity index (χ2v) is 5.20. The zero-order chi connectivity index (χ0) is 14.1. The summed E-state index contributed by atoms with van der Waals surface area (Å²) in [4.78, 5) is 14.3. The molecule has 0 spiro atoms. The van der Waals surface area contributed by atoms with E-state index in [9.17, 15) is 9.18 Å². The number of carbonyl (C=O) groups excluding carboxylic acids is 1. The quantitative estimate of drug-likeness (QED) is 0.772. The maximum atomic E-state index is 13.3. The Morgan fingerprint density at radius 1 is 1.20 bits per heavy atom. The molecule has 2 aromatic carbocycles. The molecule has 0 bridgehead atoms. The van der Waals surface area contributed by atoms with Gasteiger partial charge in [0.15, 0.2) is 0 Å². The van der Waals surface area contributed by atoms with Crippen LogP contribution >= 0.6 is 0 Å². The highest BCUT2D eigenvalue weighted by Gasteiger charge is 2.23. The van der Waals surface area contributed by atoms with Crippen molar-refractivity contribution in [2.24, 2.45) is 0 Å². The molecule has 1 amide bonds. The summed E-state index contributed by atoms with van der Waals surface area (Å²) in [6, 6.07) is 12.0. The van der Waals surface area contributed by atoms with E-state index in [2.05, 4.69) is 6.07 Å². The maximum Gasteiger partial charge on any atom is 0.258 e. The normalized spacial score (nSPS) is 14.0. The number of nitrogens with zero attached hydrogens (tertiary/aromatic N) is 1. The van der Waals surface area contributed by atoms with Crippen LogP contribution in [0.1, 0.15) is 27.9 Å². The van der Waals surface area contributed by atoms with Crippen molar-refractivity contribution in [1.29, 1.82) is 0 Å². The first-order valence-electron chi connectivity index (χ1n) is 6.82. The highest BCUT2D eigenvalue weighted by atomic mass is 19.1. The smallest absolute Gasteiger partial charge is 0.258 e. The van der Waals surface area contributed by atoms with E-state index in [1.54, 1.807) is 17.0 Å². The maximum absolute atomic E-state index is 13.3. The lowest BCUT2D eigenvalue weighted by molar-refractivity contribution is 0.0984. The van der Waals surface area contributed by atoms with Crippen LogP contribution in [0.25, 0.3) is 0 Å². The predicted octanol–water partition coefficient (Wildman–Crippen LogP) is 3.73. The van der Waals surface area contributed by atoms with Crippen LogP contribution in [0.2, 0.25) is 0 Å². The second-order valence-electron chi connectivity index (χ2n) is 5.20. The van der Waals surface area contributed by atoms with Crippen molar-refractivity contribution in [3.05, 3.63) is 65.0 Å². The van der Waals surface area contributed by atoms with Crippen LogP contribution < -0.4 is 4.90 Å². The summed E-state index contributed by atoms with van der Waals surface area (Å²) >= 11 is 0. The van der Waals surface area contributed by atoms with E-state index in [0.717, 1.165) is 18.5 Å². The number of rotatable bonds is 1. The zero-order valence-electron chi connectivity index (χ0n) is 11.4. The Labute approximate surface area is 117 Å².